The Labute approximate surface area is 314 Å². The van der Waals surface area contributed by atoms with E-state index in [-0.39, 0.29) is 63.1 Å². The molecule has 0 N–H and O–H groups in total. The van der Waals surface area contributed by atoms with Crippen LogP contribution in [0.5, 0.6) is 0 Å². The molecule has 13 heterocycles. The van der Waals surface area contributed by atoms with Gasteiger partial charge in [0.05, 0.1) is 38.4 Å². The lowest BCUT2D eigenvalue weighted by atomic mass is 9.86. The van der Waals surface area contributed by atoms with Crippen LogP contribution >= 0.6 is 0 Å². The van der Waals surface area contributed by atoms with Crippen LogP contribution in [0.4, 0.5) is 0 Å². The first kappa shape index (κ1) is 40.3. The second-order valence-electron chi connectivity index (χ2n) is 12.9. The molecule has 0 spiro atoms. The third kappa shape index (κ3) is 13.5. The van der Waals surface area contributed by atoms with Gasteiger partial charge in [0.2, 0.25) is 0 Å². The van der Waals surface area contributed by atoms with Crippen molar-refractivity contribution in [3.05, 3.63) is 0 Å². The molecule has 8 bridgehead atoms. The van der Waals surface area contributed by atoms with Crippen LogP contribution in [-0.4, -0.2) is 111 Å². The maximum atomic E-state index is 6.47. The maximum Gasteiger partial charge on any atom is 0.148 e. The highest BCUT2D eigenvalue weighted by Crippen LogP contribution is 2.31. The third-order valence-electron chi connectivity index (χ3n) is 9.00. The predicted octanol–water partition coefficient (Wildman–Crippen LogP) is 2.40. The molecular weight excluding hydrogens is 676 g/mol. The summed E-state index contributed by atoms with van der Waals surface area (Å²) in [6.45, 7) is 1.70. The van der Waals surface area contributed by atoms with E-state index in [1.807, 2.05) is 0 Å². The molecule has 4 unspecified atom stereocenters. The zero-order valence-electron chi connectivity index (χ0n) is 30.6. The molecule has 14 rings (SSSR count). The molecule has 10 heteroatoms. The van der Waals surface area contributed by atoms with Gasteiger partial charge >= 0.3 is 0 Å². The molecule has 4 fully saturated rings. The summed E-state index contributed by atoms with van der Waals surface area (Å²) in [6, 6.07) is 0. The molecule has 278 valence electrons. The molecule has 0 aromatic carbocycles. The Kier molecular flexibility index (Phi) is 17.5. The van der Waals surface area contributed by atoms with E-state index in [1.54, 1.807) is 21.3 Å². The fourth-order valence-electron chi connectivity index (χ4n) is 6.22. The first-order valence-corrected chi connectivity index (χ1v) is 18.0. The number of ether oxygens (including phenoxy) is 10. The summed E-state index contributed by atoms with van der Waals surface area (Å²) in [4.78, 5) is 0. The van der Waals surface area contributed by atoms with Crippen molar-refractivity contribution in [1.82, 2.24) is 0 Å². The third-order valence-corrected chi connectivity index (χ3v) is 9.00. The van der Waals surface area contributed by atoms with Crippen LogP contribution in [0.2, 0.25) is 0 Å². The zero-order valence-corrected chi connectivity index (χ0v) is 30.6. The number of rotatable bonds is 10. The Morgan fingerprint density at radius 1 is 0.472 bits per heavy atom. The molecular formula is C43H46O10. The molecule has 11 atom stereocenters. The van der Waals surface area contributed by atoms with Crippen LogP contribution in [0.15, 0.2) is 0 Å². The van der Waals surface area contributed by atoms with E-state index in [9.17, 15) is 0 Å². The second kappa shape index (κ2) is 23.0. The summed E-state index contributed by atoms with van der Waals surface area (Å²) in [5.74, 6) is 49.1. The van der Waals surface area contributed by atoms with Crippen molar-refractivity contribution in [2.75, 3.05) is 68.1 Å². The minimum absolute atomic E-state index is 0.00608. The molecule has 14 aliphatic rings. The Hall–Kier alpha value is -3.92. The molecule has 0 aromatic rings. The Balaban J connectivity index is 1.38. The van der Waals surface area contributed by atoms with E-state index in [0.29, 0.717) is 19.8 Å². The van der Waals surface area contributed by atoms with Crippen LogP contribution in [-0.2, 0) is 47.4 Å². The number of hydrogen-bond donors (Lipinski definition) is 0. The smallest absolute Gasteiger partial charge is 0.148 e. The average molecular weight is 723 g/mol. The molecule has 10 nitrogen and oxygen atoms in total. The van der Waals surface area contributed by atoms with Gasteiger partial charge in [-0.25, -0.2) is 0 Å². The highest BCUT2D eigenvalue weighted by molar-refractivity contribution is 5.34. The van der Waals surface area contributed by atoms with Gasteiger partial charge in [-0.2, -0.15) is 0 Å². The first-order valence-electron chi connectivity index (χ1n) is 18.0. The van der Waals surface area contributed by atoms with Crippen LogP contribution in [0.1, 0.15) is 38.5 Å². The normalized spacial score (nSPS) is 33.2. The molecule has 0 amide bonds. The van der Waals surface area contributed by atoms with E-state index >= 15 is 0 Å². The van der Waals surface area contributed by atoms with E-state index < -0.39 is 30.3 Å². The van der Waals surface area contributed by atoms with Gasteiger partial charge in [-0.1, -0.05) is 47.4 Å². The highest BCUT2D eigenvalue weighted by Gasteiger charge is 2.47. The van der Waals surface area contributed by atoms with E-state index in [4.69, 9.17) is 47.4 Å². The van der Waals surface area contributed by atoms with Gasteiger partial charge in [-0.3, -0.25) is 0 Å². The van der Waals surface area contributed by atoms with E-state index in [0.717, 1.165) is 38.5 Å². The van der Waals surface area contributed by atoms with E-state index in [1.165, 1.54) is 0 Å². The van der Waals surface area contributed by atoms with Gasteiger partial charge < -0.3 is 47.4 Å². The fourth-order valence-corrected chi connectivity index (χ4v) is 6.22. The first-order chi connectivity index (χ1) is 26.2. The maximum absolute atomic E-state index is 6.47. The molecule has 53 heavy (non-hydrogen) atoms. The lowest BCUT2D eigenvalue weighted by molar-refractivity contribution is -0.246. The van der Waals surface area contributed by atoms with Crippen molar-refractivity contribution in [3.63, 3.8) is 0 Å². The largest absolute Gasteiger partial charge is 0.364 e. The standard InChI is InChI=1S/C43H46O10/c1-44-30-47-29-41-39-18-10-6-14-35-22-24-37(49-28-35)16-8-7-15-36-23-20-33(26-48-36)12-4-5-13-34-21-25-38(50-27-34)17-9-11-19-40(53-41)43(52-32-46-3)42(39)51-31-45-2/h33-43H,20-32H2,1-3H3/t33?,34?,35?,36-,37-,38-,39?,40-,41-,42+,43+/m1/s1. The summed E-state index contributed by atoms with van der Waals surface area (Å²) < 4.78 is 58.0. The van der Waals surface area contributed by atoms with Crippen molar-refractivity contribution >= 4 is 0 Å². The highest BCUT2D eigenvalue weighted by atomic mass is 16.7. The Morgan fingerprint density at radius 2 is 0.906 bits per heavy atom. The zero-order chi connectivity index (χ0) is 36.9. The van der Waals surface area contributed by atoms with Crippen LogP contribution in [0.25, 0.3) is 0 Å². The SMILES string of the molecule is COCOC[C@H]1O[C@@H]2C#CC#C[C@@H]3CCC(C#CC#CC4CC[C@@H](C#CC#C[C@@H]5CCC(C#CC#CC1[C@H](OCOC)[C@H]2OCOC)CO5)OC4)CO3. The van der Waals surface area contributed by atoms with Crippen LogP contribution in [0.3, 0.4) is 0 Å². The van der Waals surface area contributed by atoms with Crippen LogP contribution in [0, 0.1) is 118 Å². The molecule has 0 radical (unpaired) electrons. The van der Waals surface area contributed by atoms with Crippen LogP contribution < -0.4 is 0 Å². The number of hydrogen-bond acceptors (Lipinski definition) is 10. The summed E-state index contributed by atoms with van der Waals surface area (Å²) in [5, 5.41) is 0. The van der Waals surface area contributed by atoms with Gasteiger partial charge in [0, 0.05) is 39.1 Å². The van der Waals surface area contributed by atoms with Gasteiger partial charge in [-0.05, 0) is 85.9 Å². The lowest BCUT2D eigenvalue weighted by Crippen LogP contribution is -2.57. The molecule has 4 saturated heterocycles. The van der Waals surface area contributed by atoms with Crippen molar-refractivity contribution < 1.29 is 47.4 Å². The fraction of sp³-hybridized carbons (Fsp3) is 0.628. The van der Waals surface area contributed by atoms with Gasteiger partial charge in [0.25, 0.3) is 0 Å². The Morgan fingerprint density at radius 3 is 1.36 bits per heavy atom. The summed E-state index contributed by atoms with van der Waals surface area (Å²) >= 11 is 0. The molecule has 0 saturated carbocycles. The quantitative estimate of drug-likeness (QED) is 0.190. The topological polar surface area (TPSA) is 92.3 Å². The minimum atomic E-state index is -0.744. The monoisotopic (exact) mass is 722 g/mol. The number of methoxy groups -OCH3 is 3. The average Bonchev–Trinajstić information content (AvgIpc) is 3.19. The van der Waals surface area contributed by atoms with Gasteiger partial charge in [0.15, 0.2) is 0 Å². The molecule has 1 aliphatic carbocycles. The summed E-state index contributed by atoms with van der Waals surface area (Å²) in [5.41, 5.74) is 0. The summed E-state index contributed by atoms with van der Waals surface area (Å²) in [6.07, 6.45) is 1.73. The van der Waals surface area contributed by atoms with Crippen molar-refractivity contribution in [3.8, 4) is 94.7 Å². The van der Waals surface area contributed by atoms with E-state index in [2.05, 4.69) is 94.7 Å². The summed E-state index contributed by atoms with van der Waals surface area (Å²) in [7, 11) is 4.64. The minimum Gasteiger partial charge on any atom is -0.364 e. The lowest BCUT2D eigenvalue weighted by Gasteiger charge is -2.42. The van der Waals surface area contributed by atoms with Crippen molar-refractivity contribution in [2.24, 2.45) is 23.7 Å². The Bertz CT molecular complexity index is 1690. The van der Waals surface area contributed by atoms with Gasteiger partial charge in [0.1, 0.15) is 57.0 Å². The van der Waals surface area contributed by atoms with Gasteiger partial charge in [-0.15, -0.1) is 0 Å². The molecule has 0 aromatic heterocycles. The predicted molar refractivity (Wildman–Crippen MR) is 193 cm³/mol. The van der Waals surface area contributed by atoms with Crippen molar-refractivity contribution in [1.29, 1.82) is 0 Å². The second-order valence-corrected chi connectivity index (χ2v) is 12.9. The van der Waals surface area contributed by atoms with Crippen molar-refractivity contribution in [2.45, 2.75) is 81.3 Å². The molecule has 13 aliphatic heterocycles.